The van der Waals surface area contributed by atoms with Crippen molar-refractivity contribution in [2.24, 2.45) is 17.4 Å². The van der Waals surface area contributed by atoms with E-state index in [9.17, 15) is 4.79 Å². The first kappa shape index (κ1) is 15.4. The van der Waals surface area contributed by atoms with Crippen LogP contribution in [0.25, 0.3) is 0 Å². The Bertz CT molecular complexity index is 485. The third-order valence-electron chi connectivity index (χ3n) is 3.69. The summed E-state index contributed by atoms with van der Waals surface area (Å²) in [7, 11) is 0. The molecule has 1 aromatic heterocycles. The number of nitrogens with two attached hydrogens (primary N) is 2. The van der Waals surface area contributed by atoms with Crippen molar-refractivity contribution in [1.82, 2.24) is 4.98 Å². The molecule has 0 saturated carbocycles. The Balaban J connectivity index is 3.30. The first-order chi connectivity index (χ1) is 8.71. The van der Waals surface area contributed by atoms with Gasteiger partial charge in [-0.3, -0.25) is 9.78 Å². The standard InChI is InChI=1S/C14H24N4O/c1-8(2)14(5,7-15)18-11-6-9(3)17-10(4)12(11)13(16)19/h6,8H,7,15H2,1-5H3,(H2,16,19)(H,17,18). The molecule has 1 unspecified atom stereocenters. The minimum absolute atomic E-state index is 0.301. The maximum absolute atomic E-state index is 11.6. The second-order valence-corrected chi connectivity index (χ2v) is 5.54. The lowest BCUT2D eigenvalue weighted by Gasteiger charge is -2.35. The van der Waals surface area contributed by atoms with E-state index in [-0.39, 0.29) is 5.54 Å². The molecule has 1 amide bonds. The van der Waals surface area contributed by atoms with Crippen LogP contribution in [-0.2, 0) is 0 Å². The molecule has 0 spiro atoms. The Morgan fingerprint density at radius 3 is 2.47 bits per heavy atom. The van der Waals surface area contributed by atoms with Gasteiger partial charge in [-0.2, -0.15) is 0 Å². The molecule has 5 nitrogen and oxygen atoms in total. The summed E-state index contributed by atoms with van der Waals surface area (Å²) in [5.41, 5.74) is 13.6. The second-order valence-electron chi connectivity index (χ2n) is 5.54. The quantitative estimate of drug-likeness (QED) is 0.752. The topological polar surface area (TPSA) is 94.0 Å². The van der Waals surface area contributed by atoms with E-state index in [4.69, 9.17) is 11.5 Å². The Morgan fingerprint density at radius 1 is 1.47 bits per heavy atom. The lowest BCUT2D eigenvalue weighted by Crippen LogP contribution is -2.47. The van der Waals surface area contributed by atoms with E-state index < -0.39 is 5.91 Å². The first-order valence-electron chi connectivity index (χ1n) is 6.47. The maximum Gasteiger partial charge on any atom is 0.252 e. The molecular formula is C14H24N4O. The Hall–Kier alpha value is -1.62. The number of rotatable bonds is 5. The van der Waals surface area contributed by atoms with E-state index in [2.05, 4.69) is 24.1 Å². The van der Waals surface area contributed by atoms with Crippen LogP contribution in [0.1, 0.15) is 42.5 Å². The molecule has 106 valence electrons. The van der Waals surface area contributed by atoms with Crippen LogP contribution >= 0.6 is 0 Å². The molecule has 1 aromatic rings. The summed E-state index contributed by atoms with van der Waals surface area (Å²) in [5.74, 6) is -0.164. The highest BCUT2D eigenvalue weighted by Gasteiger charge is 2.28. The summed E-state index contributed by atoms with van der Waals surface area (Å²) in [5, 5.41) is 3.37. The zero-order chi connectivity index (χ0) is 14.8. The number of hydrogen-bond acceptors (Lipinski definition) is 4. The number of carbonyl (C=O) groups excluding carboxylic acids is 1. The van der Waals surface area contributed by atoms with Crippen molar-refractivity contribution in [3.05, 3.63) is 23.0 Å². The van der Waals surface area contributed by atoms with Gasteiger partial charge in [-0.1, -0.05) is 13.8 Å². The van der Waals surface area contributed by atoms with Crippen molar-refractivity contribution < 1.29 is 4.79 Å². The zero-order valence-electron chi connectivity index (χ0n) is 12.4. The summed E-state index contributed by atoms with van der Waals surface area (Å²) in [6.07, 6.45) is 0. The van der Waals surface area contributed by atoms with Gasteiger partial charge in [0.1, 0.15) is 0 Å². The third-order valence-corrected chi connectivity index (χ3v) is 3.69. The highest BCUT2D eigenvalue weighted by molar-refractivity contribution is 5.99. The van der Waals surface area contributed by atoms with Crippen LogP contribution in [-0.4, -0.2) is 23.0 Å². The second kappa shape index (κ2) is 5.57. The van der Waals surface area contributed by atoms with Gasteiger partial charge in [0.05, 0.1) is 16.9 Å². The molecule has 0 aliphatic carbocycles. The third kappa shape index (κ3) is 3.23. The van der Waals surface area contributed by atoms with Gasteiger partial charge in [0, 0.05) is 17.8 Å². The first-order valence-corrected chi connectivity index (χ1v) is 6.47. The number of nitrogens with one attached hydrogen (secondary N) is 1. The molecular weight excluding hydrogens is 240 g/mol. The van der Waals surface area contributed by atoms with Crippen molar-refractivity contribution in [2.75, 3.05) is 11.9 Å². The molecule has 1 atom stereocenters. The summed E-state index contributed by atoms with van der Waals surface area (Å²) in [6.45, 7) is 10.3. The fourth-order valence-electron chi connectivity index (χ4n) is 1.98. The van der Waals surface area contributed by atoms with Crippen LogP contribution in [0.15, 0.2) is 6.07 Å². The van der Waals surface area contributed by atoms with Gasteiger partial charge in [0.15, 0.2) is 0 Å². The predicted octanol–water partition coefficient (Wildman–Crippen LogP) is 1.58. The minimum atomic E-state index is -0.476. The van der Waals surface area contributed by atoms with E-state index in [1.54, 1.807) is 6.92 Å². The molecule has 0 fully saturated rings. The molecule has 5 N–H and O–H groups in total. The molecule has 19 heavy (non-hydrogen) atoms. The van der Waals surface area contributed by atoms with Crippen LogP contribution < -0.4 is 16.8 Å². The smallest absolute Gasteiger partial charge is 0.252 e. The number of amides is 1. The SMILES string of the molecule is Cc1cc(NC(C)(CN)C(C)C)c(C(N)=O)c(C)n1. The van der Waals surface area contributed by atoms with Crippen molar-refractivity contribution in [3.63, 3.8) is 0 Å². The zero-order valence-corrected chi connectivity index (χ0v) is 12.4. The van der Waals surface area contributed by atoms with Crippen LogP contribution in [0.5, 0.6) is 0 Å². The van der Waals surface area contributed by atoms with Crippen LogP contribution in [0.4, 0.5) is 5.69 Å². The lowest BCUT2D eigenvalue weighted by atomic mass is 9.88. The Labute approximate surface area is 114 Å². The summed E-state index contributed by atoms with van der Waals surface area (Å²) in [4.78, 5) is 15.9. The van der Waals surface area contributed by atoms with Gasteiger partial charge >= 0.3 is 0 Å². The summed E-state index contributed by atoms with van der Waals surface area (Å²) >= 11 is 0. The number of pyridine rings is 1. The lowest BCUT2D eigenvalue weighted by molar-refractivity contribution is 0.1000. The molecule has 0 aliphatic rings. The average molecular weight is 264 g/mol. The number of aromatic nitrogens is 1. The van der Waals surface area contributed by atoms with Crippen molar-refractivity contribution >= 4 is 11.6 Å². The van der Waals surface area contributed by atoms with E-state index in [1.807, 2.05) is 19.9 Å². The fraction of sp³-hybridized carbons (Fsp3) is 0.571. The number of aryl methyl sites for hydroxylation is 2. The van der Waals surface area contributed by atoms with Gasteiger partial charge < -0.3 is 16.8 Å². The normalized spacial score (nSPS) is 14.3. The number of primary amides is 1. The van der Waals surface area contributed by atoms with Crippen LogP contribution in [0, 0.1) is 19.8 Å². The molecule has 0 aromatic carbocycles. The molecule has 1 rings (SSSR count). The maximum atomic E-state index is 11.6. The van der Waals surface area contributed by atoms with Crippen molar-refractivity contribution in [3.8, 4) is 0 Å². The summed E-state index contributed by atoms with van der Waals surface area (Å²) < 4.78 is 0. The largest absolute Gasteiger partial charge is 0.378 e. The number of nitrogens with zero attached hydrogens (tertiary/aromatic N) is 1. The van der Waals surface area contributed by atoms with E-state index >= 15 is 0 Å². The molecule has 5 heteroatoms. The number of hydrogen-bond donors (Lipinski definition) is 3. The highest BCUT2D eigenvalue weighted by Crippen LogP contribution is 2.26. The van der Waals surface area contributed by atoms with Gasteiger partial charge in [-0.05, 0) is 32.8 Å². The number of carbonyl (C=O) groups is 1. The Kier molecular flexibility index (Phi) is 4.52. The van der Waals surface area contributed by atoms with Crippen LogP contribution in [0.3, 0.4) is 0 Å². The van der Waals surface area contributed by atoms with E-state index in [1.165, 1.54) is 0 Å². The average Bonchev–Trinajstić information content (AvgIpc) is 2.26. The van der Waals surface area contributed by atoms with Crippen molar-refractivity contribution in [1.29, 1.82) is 0 Å². The van der Waals surface area contributed by atoms with Crippen LogP contribution in [0.2, 0.25) is 0 Å². The monoisotopic (exact) mass is 264 g/mol. The molecule has 0 bridgehead atoms. The highest BCUT2D eigenvalue weighted by atomic mass is 16.1. The molecule has 0 saturated heterocycles. The van der Waals surface area contributed by atoms with Crippen molar-refractivity contribution in [2.45, 2.75) is 40.2 Å². The number of anilines is 1. The van der Waals surface area contributed by atoms with E-state index in [0.29, 0.717) is 29.4 Å². The summed E-state index contributed by atoms with van der Waals surface area (Å²) in [6, 6.07) is 1.84. The van der Waals surface area contributed by atoms with E-state index in [0.717, 1.165) is 5.69 Å². The van der Waals surface area contributed by atoms with Gasteiger partial charge in [-0.25, -0.2) is 0 Å². The predicted molar refractivity (Wildman–Crippen MR) is 78.1 cm³/mol. The minimum Gasteiger partial charge on any atom is -0.378 e. The van der Waals surface area contributed by atoms with Gasteiger partial charge in [0.25, 0.3) is 5.91 Å². The van der Waals surface area contributed by atoms with Gasteiger partial charge in [0.2, 0.25) is 0 Å². The molecule has 1 heterocycles. The van der Waals surface area contributed by atoms with Gasteiger partial charge in [-0.15, -0.1) is 0 Å². The molecule has 0 aliphatic heterocycles. The molecule has 0 radical (unpaired) electrons. The Morgan fingerprint density at radius 2 is 2.05 bits per heavy atom. The fourth-order valence-corrected chi connectivity index (χ4v) is 1.98.